The molecule has 0 saturated heterocycles. The van der Waals surface area contributed by atoms with Gasteiger partial charge in [-0.1, -0.05) is 18.5 Å². The van der Waals surface area contributed by atoms with Crippen LogP contribution in [0.1, 0.15) is 24.8 Å². The van der Waals surface area contributed by atoms with E-state index in [2.05, 4.69) is 21.2 Å². The Labute approximate surface area is 119 Å². The second-order valence-corrected chi connectivity index (χ2v) is 6.71. The molecule has 3 unspecified atom stereocenters. The summed E-state index contributed by atoms with van der Waals surface area (Å²) in [5, 5.41) is 12.5. The normalized spacial score (nSPS) is 16.8. The lowest BCUT2D eigenvalue weighted by atomic mass is 10.0. The second-order valence-electron chi connectivity index (χ2n) is 4.17. The van der Waals surface area contributed by atoms with Gasteiger partial charge in [0.1, 0.15) is 4.34 Å². The number of halogens is 2. The van der Waals surface area contributed by atoms with Crippen molar-refractivity contribution in [2.75, 3.05) is 13.2 Å². The van der Waals surface area contributed by atoms with Gasteiger partial charge >= 0.3 is 0 Å². The molecular formula is C11H18BrClN2OS. The lowest BCUT2D eigenvalue weighted by Gasteiger charge is -2.25. The quantitative estimate of drug-likeness (QED) is 0.745. The number of aliphatic hydroxyl groups is 1. The number of nitrogens with two attached hydrogens (primary N) is 1. The van der Waals surface area contributed by atoms with E-state index in [0.29, 0.717) is 6.54 Å². The van der Waals surface area contributed by atoms with Crippen LogP contribution in [0, 0.1) is 5.92 Å². The van der Waals surface area contributed by atoms with Crippen molar-refractivity contribution in [3.63, 3.8) is 0 Å². The minimum absolute atomic E-state index is 0.0767. The van der Waals surface area contributed by atoms with E-state index in [1.54, 1.807) is 0 Å². The van der Waals surface area contributed by atoms with Crippen molar-refractivity contribution < 1.29 is 5.11 Å². The van der Waals surface area contributed by atoms with Crippen molar-refractivity contribution >= 4 is 38.9 Å². The Kier molecular flexibility index (Phi) is 6.40. The molecule has 0 radical (unpaired) electrons. The van der Waals surface area contributed by atoms with Crippen molar-refractivity contribution in [2.45, 2.75) is 25.9 Å². The van der Waals surface area contributed by atoms with Gasteiger partial charge in [0.15, 0.2) is 0 Å². The number of thiophene rings is 1. The average Bonchev–Trinajstić information content (AvgIpc) is 2.64. The summed E-state index contributed by atoms with van der Waals surface area (Å²) in [5.74, 6) is 0.197. The van der Waals surface area contributed by atoms with Gasteiger partial charge in [-0.25, -0.2) is 0 Å². The number of nitrogens with one attached hydrogen (secondary N) is 1. The van der Waals surface area contributed by atoms with E-state index in [1.165, 1.54) is 11.3 Å². The molecule has 98 valence electrons. The summed E-state index contributed by atoms with van der Waals surface area (Å²) in [7, 11) is 0. The molecule has 0 aliphatic carbocycles. The highest BCUT2D eigenvalue weighted by molar-refractivity contribution is 9.10. The van der Waals surface area contributed by atoms with Crippen LogP contribution < -0.4 is 11.1 Å². The molecule has 0 spiro atoms. The molecule has 0 aliphatic heterocycles. The van der Waals surface area contributed by atoms with E-state index in [1.807, 2.05) is 19.9 Å². The summed E-state index contributed by atoms with van der Waals surface area (Å²) in [4.78, 5) is 1.11. The second kappa shape index (κ2) is 7.07. The third-order valence-electron chi connectivity index (χ3n) is 2.85. The molecule has 0 amide bonds. The molecule has 1 aromatic heterocycles. The summed E-state index contributed by atoms with van der Waals surface area (Å²) < 4.78 is 1.64. The predicted molar refractivity (Wildman–Crippen MR) is 77.7 cm³/mol. The van der Waals surface area contributed by atoms with Gasteiger partial charge in [-0.15, -0.1) is 11.3 Å². The monoisotopic (exact) mass is 340 g/mol. The topological polar surface area (TPSA) is 58.3 Å². The molecule has 0 aromatic carbocycles. The first-order chi connectivity index (χ1) is 7.99. The fourth-order valence-electron chi connectivity index (χ4n) is 1.44. The minimum Gasteiger partial charge on any atom is -0.396 e. The maximum Gasteiger partial charge on any atom is 0.107 e. The lowest BCUT2D eigenvalue weighted by molar-refractivity contribution is 0.201. The Morgan fingerprint density at radius 1 is 1.59 bits per heavy atom. The molecule has 3 nitrogen and oxygen atoms in total. The van der Waals surface area contributed by atoms with E-state index >= 15 is 0 Å². The van der Waals surface area contributed by atoms with Crippen LogP contribution in [0.2, 0.25) is 4.34 Å². The van der Waals surface area contributed by atoms with Crippen LogP contribution in [0.5, 0.6) is 0 Å². The van der Waals surface area contributed by atoms with E-state index in [-0.39, 0.29) is 24.6 Å². The summed E-state index contributed by atoms with van der Waals surface area (Å²) in [6, 6.07) is 2.27. The summed E-state index contributed by atoms with van der Waals surface area (Å²) >= 11 is 10.9. The zero-order valence-electron chi connectivity index (χ0n) is 9.91. The largest absolute Gasteiger partial charge is 0.396 e. The predicted octanol–water partition coefficient (Wildman–Crippen LogP) is 2.77. The van der Waals surface area contributed by atoms with E-state index in [4.69, 9.17) is 22.4 Å². The maximum atomic E-state index is 9.11. The highest BCUT2D eigenvalue weighted by Gasteiger charge is 2.19. The molecule has 17 heavy (non-hydrogen) atoms. The van der Waals surface area contributed by atoms with Gasteiger partial charge < -0.3 is 16.2 Å². The molecule has 3 atom stereocenters. The Hall–Kier alpha value is 0.350. The Balaban J connectivity index is 2.72. The van der Waals surface area contributed by atoms with Crippen LogP contribution in [-0.4, -0.2) is 24.3 Å². The number of rotatable bonds is 6. The highest BCUT2D eigenvalue weighted by Crippen LogP contribution is 2.35. The molecule has 0 aliphatic rings. The third kappa shape index (κ3) is 4.19. The van der Waals surface area contributed by atoms with Crippen LogP contribution in [-0.2, 0) is 0 Å². The van der Waals surface area contributed by atoms with Crippen LogP contribution in [0.4, 0.5) is 0 Å². The molecule has 1 heterocycles. The zero-order chi connectivity index (χ0) is 13.0. The van der Waals surface area contributed by atoms with Crippen LogP contribution in [0.15, 0.2) is 10.5 Å². The standard InChI is InChI=1S/C11H18BrClN2OS/c1-6(5-16)7(2)15-9(4-14)10-3-8(12)11(13)17-10/h3,6-7,9,15-16H,4-5,14H2,1-2H3. The smallest absolute Gasteiger partial charge is 0.107 e. The first-order valence-electron chi connectivity index (χ1n) is 5.51. The van der Waals surface area contributed by atoms with Gasteiger partial charge in [0.05, 0.1) is 6.04 Å². The Morgan fingerprint density at radius 2 is 2.24 bits per heavy atom. The van der Waals surface area contributed by atoms with Crippen molar-refractivity contribution in [3.8, 4) is 0 Å². The summed E-state index contributed by atoms with van der Waals surface area (Å²) in [6.45, 7) is 4.72. The lowest BCUT2D eigenvalue weighted by Crippen LogP contribution is -2.39. The van der Waals surface area contributed by atoms with Crippen molar-refractivity contribution in [2.24, 2.45) is 11.7 Å². The fourth-order valence-corrected chi connectivity index (χ4v) is 3.25. The van der Waals surface area contributed by atoms with Gasteiger partial charge in [0, 0.05) is 28.5 Å². The van der Waals surface area contributed by atoms with Crippen LogP contribution in [0.3, 0.4) is 0 Å². The molecule has 0 fully saturated rings. The van der Waals surface area contributed by atoms with Gasteiger partial charge in [-0.2, -0.15) is 0 Å². The van der Waals surface area contributed by atoms with Crippen molar-refractivity contribution in [1.29, 1.82) is 0 Å². The summed E-state index contributed by atoms with van der Waals surface area (Å²) in [6.07, 6.45) is 0. The van der Waals surface area contributed by atoms with Gasteiger partial charge in [-0.05, 0) is 34.8 Å². The molecular weight excluding hydrogens is 324 g/mol. The average molecular weight is 342 g/mol. The number of hydrogen-bond donors (Lipinski definition) is 3. The molecule has 1 rings (SSSR count). The number of aliphatic hydroxyl groups excluding tert-OH is 1. The van der Waals surface area contributed by atoms with Gasteiger partial charge in [0.25, 0.3) is 0 Å². The molecule has 0 bridgehead atoms. The highest BCUT2D eigenvalue weighted by atomic mass is 79.9. The SMILES string of the molecule is CC(CO)C(C)NC(CN)c1cc(Br)c(Cl)s1. The van der Waals surface area contributed by atoms with Gasteiger partial charge in [-0.3, -0.25) is 0 Å². The molecule has 0 saturated carbocycles. The van der Waals surface area contributed by atoms with Crippen LogP contribution >= 0.6 is 38.9 Å². The van der Waals surface area contributed by atoms with Crippen molar-refractivity contribution in [3.05, 3.63) is 19.8 Å². The van der Waals surface area contributed by atoms with E-state index < -0.39 is 0 Å². The van der Waals surface area contributed by atoms with Crippen molar-refractivity contribution in [1.82, 2.24) is 5.32 Å². The third-order valence-corrected chi connectivity index (χ3v) is 5.44. The van der Waals surface area contributed by atoms with E-state index in [0.717, 1.165) is 13.7 Å². The number of hydrogen-bond acceptors (Lipinski definition) is 4. The fraction of sp³-hybridized carbons (Fsp3) is 0.636. The molecule has 4 N–H and O–H groups in total. The molecule has 6 heteroatoms. The Bertz CT molecular complexity index is 342. The van der Waals surface area contributed by atoms with Gasteiger partial charge in [0.2, 0.25) is 0 Å². The van der Waals surface area contributed by atoms with Crippen LogP contribution in [0.25, 0.3) is 0 Å². The Morgan fingerprint density at radius 3 is 2.65 bits per heavy atom. The first-order valence-corrected chi connectivity index (χ1v) is 7.50. The minimum atomic E-state index is 0.0767. The summed E-state index contributed by atoms with van der Waals surface area (Å²) in [5.41, 5.74) is 5.78. The molecule has 1 aromatic rings. The zero-order valence-corrected chi connectivity index (χ0v) is 13.1. The maximum absolute atomic E-state index is 9.11. The first kappa shape index (κ1) is 15.4. The van der Waals surface area contributed by atoms with E-state index in [9.17, 15) is 0 Å².